The van der Waals surface area contributed by atoms with Crippen LogP contribution in [0.3, 0.4) is 0 Å². The van der Waals surface area contributed by atoms with Crippen molar-refractivity contribution in [2.45, 2.75) is 44.8 Å². The van der Waals surface area contributed by atoms with Gasteiger partial charge in [0.25, 0.3) is 0 Å². The highest BCUT2D eigenvalue weighted by atomic mass is 127. The molecule has 6 heteroatoms. The van der Waals surface area contributed by atoms with Gasteiger partial charge in [-0.3, -0.25) is 4.99 Å². The number of rotatable bonds is 7. The Morgan fingerprint density at radius 3 is 2.68 bits per heavy atom. The van der Waals surface area contributed by atoms with Crippen LogP contribution in [0.25, 0.3) is 0 Å². The van der Waals surface area contributed by atoms with E-state index in [2.05, 4.69) is 47.6 Å². The lowest BCUT2D eigenvalue weighted by Gasteiger charge is -2.30. The number of guanidine groups is 1. The average Bonchev–Trinajstić information content (AvgIpc) is 2.46. The van der Waals surface area contributed by atoms with Crippen molar-refractivity contribution in [1.29, 1.82) is 0 Å². The van der Waals surface area contributed by atoms with Crippen LogP contribution in [0.4, 0.5) is 0 Å². The van der Waals surface area contributed by atoms with E-state index in [0.29, 0.717) is 0 Å². The summed E-state index contributed by atoms with van der Waals surface area (Å²) in [5, 5.41) is 6.83. The van der Waals surface area contributed by atoms with Gasteiger partial charge in [-0.05, 0) is 58.4 Å². The third kappa shape index (κ3) is 9.45. The van der Waals surface area contributed by atoms with Crippen molar-refractivity contribution in [3.8, 4) is 0 Å². The minimum atomic E-state index is 0. The van der Waals surface area contributed by atoms with Gasteiger partial charge in [0.2, 0.25) is 0 Å². The lowest BCUT2D eigenvalue weighted by molar-refractivity contribution is 0.182. The van der Waals surface area contributed by atoms with Crippen LogP contribution < -0.4 is 10.6 Å². The van der Waals surface area contributed by atoms with Gasteiger partial charge in [-0.15, -0.1) is 24.0 Å². The number of nitrogens with zero attached hydrogens (tertiary/aromatic N) is 2. The van der Waals surface area contributed by atoms with Crippen molar-refractivity contribution in [2.75, 3.05) is 46.0 Å². The zero-order chi connectivity index (χ0) is 15.7. The Bertz CT molecular complexity index is 323. The van der Waals surface area contributed by atoms with Crippen LogP contribution in [0, 0.1) is 5.92 Å². The average molecular weight is 442 g/mol. The Morgan fingerprint density at radius 2 is 2.09 bits per heavy atom. The van der Waals surface area contributed by atoms with Gasteiger partial charge in [-0.25, -0.2) is 0 Å². The summed E-state index contributed by atoms with van der Waals surface area (Å²) in [6.45, 7) is 12.5. The lowest BCUT2D eigenvalue weighted by Crippen LogP contribution is -2.44. The molecule has 1 atom stereocenters. The predicted octanol–water partition coefficient (Wildman–Crippen LogP) is 3.03. The molecule has 0 aromatic carbocycles. The molecule has 0 bridgehead atoms. The van der Waals surface area contributed by atoms with Crippen molar-refractivity contribution < 1.29 is 0 Å². The van der Waals surface area contributed by atoms with Crippen LogP contribution in [-0.2, 0) is 0 Å². The van der Waals surface area contributed by atoms with Crippen molar-refractivity contribution in [3.63, 3.8) is 0 Å². The summed E-state index contributed by atoms with van der Waals surface area (Å²) in [5.41, 5.74) is 0. The van der Waals surface area contributed by atoms with E-state index >= 15 is 0 Å². The Balaban J connectivity index is 0.00000441. The summed E-state index contributed by atoms with van der Waals surface area (Å²) in [6, 6.07) is 0. The quantitative estimate of drug-likeness (QED) is 0.275. The fourth-order valence-electron chi connectivity index (χ4n) is 2.59. The molecule has 2 N–H and O–H groups in total. The Kier molecular flexibility index (Phi) is 12.0. The van der Waals surface area contributed by atoms with Crippen LogP contribution in [0.5, 0.6) is 0 Å². The molecule has 0 aromatic rings. The normalized spacial score (nSPS) is 20.4. The smallest absolute Gasteiger partial charge is 0.191 e. The van der Waals surface area contributed by atoms with Gasteiger partial charge in [0, 0.05) is 31.4 Å². The fourth-order valence-corrected chi connectivity index (χ4v) is 2.81. The molecule has 1 rings (SSSR count). The summed E-state index contributed by atoms with van der Waals surface area (Å²) in [6.07, 6.45) is 6.09. The minimum Gasteiger partial charge on any atom is -0.356 e. The molecule has 0 spiro atoms. The molecule has 22 heavy (non-hydrogen) atoms. The third-order valence-electron chi connectivity index (χ3n) is 4.14. The summed E-state index contributed by atoms with van der Waals surface area (Å²) < 4.78 is 0.238. The van der Waals surface area contributed by atoms with E-state index in [0.717, 1.165) is 25.0 Å². The molecule has 0 saturated carbocycles. The number of likely N-dealkylation sites (tertiary alicyclic amines) is 1. The summed E-state index contributed by atoms with van der Waals surface area (Å²) in [5.74, 6) is 1.79. The van der Waals surface area contributed by atoms with Gasteiger partial charge in [0.1, 0.15) is 0 Å². The summed E-state index contributed by atoms with van der Waals surface area (Å²) >= 11 is 1.87. The lowest BCUT2D eigenvalue weighted by atomic mass is 10.0. The topological polar surface area (TPSA) is 39.7 Å². The Morgan fingerprint density at radius 1 is 1.36 bits per heavy atom. The van der Waals surface area contributed by atoms with E-state index < -0.39 is 0 Å². The van der Waals surface area contributed by atoms with Crippen LogP contribution in [0.15, 0.2) is 4.99 Å². The van der Waals surface area contributed by atoms with Gasteiger partial charge in [0.15, 0.2) is 5.96 Å². The van der Waals surface area contributed by atoms with E-state index in [4.69, 9.17) is 0 Å². The van der Waals surface area contributed by atoms with E-state index in [1.165, 1.54) is 38.9 Å². The van der Waals surface area contributed by atoms with Crippen molar-refractivity contribution in [2.24, 2.45) is 10.9 Å². The zero-order valence-electron chi connectivity index (χ0n) is 14.9. The highest BCUT2D eigenvalue weighted by Crippen LogP contribution is 2.19. The van der Waals surface area contributed by atoms with Crippen molar-refractivity contribution in [3.05, 3.63) is 0 Å². The van der Waals surface area contributed by atoms with Crippen LogP contribution in [-0.4, -0.2) is 61.6 Å². The standard InChI is InChI=1S/C16H34N4S.HI/c1-14-8-6-10-20(12-14)11-7-9-18-15(17-4)19-13-16(2,3)21-5;/h14H,6-13H2,1-5H3,(H2,17,18,19);1H. The maximum atomic E-state index is 4.29. The Labute approximate surface area is 158 Å². The second-order valence-electron chi connectivity index (χ2n) is 6.72. The Hall–Kier alpha value is 0.310. The zero-order valence-corrected chi connectivity index (χ0v) is 18.1. The number of hydrogen-bond donors (Lipinski definition) is 2. The van der Waals surface area contributed by atoms with Crippen molar-refractivity contribution >= 4 is 41.7 Å². The van der Waals surface area contributed by atoms with E-state index in [1.807, 2.05) is 18.8 Å². The molecular weight excluding hydrogens is 407 g/mol. The number of piperidine rings is 1. The highest BCUT2D eigenvalue weighted by Gasteiger charge is 2.17. The summed E-state index contributed by atoms with van der Waals surface area (Å²) in [7, 11) is 1.84. The molecule has 0 aromatic heterocycles. The molecule has 1 saturated heterocycles. The van der Waals surface area contributed by atoms with Gasteiger partial charge in [-0.1, -0.05) is 6.92 Å². The molecule has 1 fully saturated rings. The second-order valence-corrected chi connectivity index (χ2v) is 8.23. The number of hydrogen-bond acceptors (Lipinski definition) is 3. The predicted molar refractivity (Wildman–Crippen MR) is 112 cm³/mol. The molecule has 132 valence electrons. The first-order valence-corrected chi connectivity index (χ1v) is 9.41. The van der Waals surface area contributed by atoms with E-state index in [-0.39, 0.29) is 28.7 Å². The van der Waals surface area contributed by atoms with Crippen molar-refractivity contribution in [1.82, 2.24) is 15.5 Å². The first-order valence-electron chi connectivity index (χ1n) is 8.19. The van der Waals surface area contributed by atoms with Gasteiger partial charge < -0.3 is 15.5 Å². The van der Waals surface area contributed by atoms with Crippen LogP contribution >= 0.6 is 35.7 Å². The first kappa shape index (κ1) is 22.3. The molecule has 4 nitrogen and oxygen atoms in total. The molecule has 1 aliphatic heterocycles. The molecule has 0 aliphatic carbocycles. The van der Waals surface area contributed by atoms with Crippen LogP contribution in [0.2, 0.25) is 0 Å². The van der Waals surface area contributed by atoms with E-state index in [9.17, 15) is 0 Å². The molecule has 1 aliphatic rings. The fraction of sp³-hybridized carbons (Fsp3) is 0.938. The summed E-state index contributed by atoms with van der Waals surface area (Å²) in [4.78, 5) is 6.89. The maximum Gasteiger partial charge on any atom is 0.191 e. The molecule has 0 radical (unpaired) electrons. The first-order chi connectivity index (χ1) is 9.96. The van der Waals surface area contributed by atoms with E-state index in [1.54, 1.807) is 0 Å². The number of halogens is 1. The monoisotopic (exact) mass is 442 g/mol. The SMILES string of the molecule is CN=C(NCCCN1CCCC(C)C1)NCC(C)(C)SC.I. The molecular formula is C16H35IN4S. The molecule has 0 amide bonds. The van der Waals surface area contributed by atoms with Gasteiger partial charge in [0.05, 0.1) is 0 Å². The van der Waals surface area contributed by atoms with Gasteiger partial charge >= 0.3 is 0 Å². The minimum absolute atomic E-state index is 0. The maximum absolute atomic E-state index is 4.29. The third-order valence-corrected chi connectivity index (χ3v) is 5.39. The second kappa shape index (κ2) is 11.8. The highest BCUT2D eigenvalue weighted by molar-refractivity contribution is 14.0. The number of nitrogens with one attached hydrogen (secondary N) is 2. The molecule has 1 heterocycles. The van der Waals surface area contributed by atoms with Gasteiger partial charge in [-0.2, -0.15) is 11.8 Å². The number of thioether (sulfide) groups is 1. The van der Waals surface area contributed by atoms with Crippen LogP contribution in [0.1, 0.15) is 40.0 Å². The largest absolute Gasteiger partial charge is 0.356 e. The number of aliphatic imine (C=N–C) groups is 1. The molecule has 1 unspecified atom stereocenters.